The number of β-amino-alcohol motifs (C(OH)–C–C–N with tert-alkyl or cyclic N) is 1. The zero-order valence-corrected chi connectivity index (χ0v) is 14.5. The molecule has 0 aliphatic carbocycles. The molecule has 1 aromatic heterocycles. The average Bonchev–Trinajstić information content (AvgIpc) is 3.20. The van der Waals surface area contributed by atoms with Gasteiger partial charge >= 0.3 is 0 Å². The molecule has 1 N–H and O–H groups in total. The molecule has 2 aromatic carbocycles. The van der Waals surface area contributed by atoms with E-state index in [1.807, 2.05) is 60.7 Å². The fourth-order valence-electron chi connectivity index (χ4n) is 3.16. The molecule has 134 valence electrons. The van der Waals surface area contributed by atoms with Crippen molar-refractivity contribution in [3.63, 3.8) is 0 Å². The highest BCUT2D eigenvalue weighted by molar-refractivity contribution is 5.66. The Balaban J connectivity index is 1.45. The van der Waals surface area contributed by atoms with Gasteiger partial charge in [-0.2, -0.15) is 0 Å². The lowest BCUT2D eigenvalue weighted by Crippen LogP contribution is -2.38. The molecule has 5 heteroatoms. The minimum absolute atomic E-state index is 0.503. The molecular weight excluding hydrogens is 328 g/mol. The Kier molecular flexibility index (Phi) is 5.11. The van der Waals surface area contributed by atoms with Crippen LogP contribution in [0.1, 0.15) is 11.7 Å². The van der Waals surface area contributed by atoms with Crippen molar-refractivity contribution in [2.24, 2.45) is 0 Å². The van der Waals surface area contributed by atoms with Crippen LogP contribution in [0.15, 0.2) is 65.2 Å². The summed E-state index contributed by atoms with van der Waals surface area (Å²) in [6.07, 6.45) is -0.503. The van der Waals surface area contributed by atoms with Crippen molar-refractivity contribution < 1.29 is 14.4 Å². The molecule has 5 nitrogen and oxygen atoms in total. The number of aliphatic hydroxyl groups excluding tert-OH is 1. The summed E-state index contributed by atoms with van der Waals surface area (Å²) < 4.78 is 10.8. The molecule has 0 radical (unpaired) electrons. The Bertz CT molecular complexity index is 824. The second-order valence-corrected chi connectivity index (χ2v) is 6.49. The van der Waals surface area contributed by atoms with Gasteiger partial charge in [0, 0.05) is 36.8 Å². The van der Waals surface area contributed by atoms with Gasteiger partial charge in [0.2, 0.25) is 0 Å². The minimum Gasteiger partial charge on any atom is -0.387 e. The van der Waals surface area contributed by atoms with E-state index >= 15 is 0 Å². The molecule has 0 amide bonds. The van der Waals surface area contributed by atoms with Crippen LogP contribution < -0.4 is 0 Å². The van der Waals surface area contributed by atoms with E-state index in [9.17, 15) is 5.11 Å². The summed E-state index contributed by atoms with van der Waals surface area (Å²) in [4.78, 5) is 2.23. The Morgan fingerprint density at radius 1 is 0.962 bits per heavy atom. The molecule has 1 atom stereocenters. The largest absolute Gasteiger partial charge is 0.387 e. The molecule has 2 heterocycles. The van der Waals surface area contributed by atoms with Crippen molar-refractivity contribution in [1.29, 1.82) is 0 Å². The predicted molar refractivity (Wildman–Crippen MR) is 99.6 cm³/mol. The van der Waals surface area contributed by atoms with E-state index in [2.05, 4.69) is 10.1 Å². The topological polar surface area (TPSA) is 58.7 Å². The number of hydrogen-bond acceptors (Lipinski definition) is 5. The van der Waals surface area contributed by atoms with Crippen LogP contribution in [0.2, 0.25) is 0 Å². The highest BCUT2D eigenvalue weighted by atomic mass is 16.5. The molecule has 1 aliphatic rings. The van der Waals surface area contributed by atoms with Crippen molar-refractivity contribution in [2.45, 2.75) is 6.10 Å². The number of aromatic nitrogens is 1. The van der Waals surface area contributed by atoms with E-state index < -0.39 is 6.10 Å². The van der Waals surface area contributed by atoms with Gasteiger partial charge in [-0.1, -0.05) is 59.8 Å². The van der Waals surface area contributed by atoms with Crippen LogP contribution in [0.4, 0.5) is 0 Å². The van der Waals surface area contributed by atoms with Crippen molar-refractivity contribution in [2.75, 3.05) is 32.8 Å². The van der Waals surface area contributed by atoms with Gasteiger partial charge in [-0.3, -0.25) is 4.90 Å². The van der Waals surface area contributed by atoms with Gasteiger partial charge in [0.25, 0.3) is 0 Å². The van der Waals surface area contributed by atoms with E-state index in [0.29, 0.717) is 6.54 Å². The van der Waals surface area contributed by atoms with Gasteiger partial charge in [0.05, 0.1) is 19.3 Å². The quantitative estimate of drug-likeness (QED) is 0.764. The molecule has 26 heavy (non-hydrogen) atoms. The number of benzene rings is 2. The predicted octanol–water partition coefficient (Wildman–Crippen LogP) is 3.37. The second kappa shape index (κ2) is 7.83. The molecular formula is C21H22N2O3. The second-order valence-electron chi connectivity index (χ2n) is 6.49. The zero-order chi connectivity index (χ0) is 17.8. The Hall–Kier alpha value is -2.47. The highest BCUT2D eigenvalue weighted by Crippen LogP contribution is 2.27. The van der Waals surface area contributed by atoms with Gasteiger partial charge in [-0.05, 0) is 5.56 Å². The number of morpholine rings is 1. The molecule has 1 saturated heterocycles. The molecule has 0 bridgehead atoms. The fourth-order valence-corrected chi connectivity index (χ4v) is 3.16. The standard InChI is InChI=1S/C21H22N2O3/c24-20(15-23-10-12-25-13-11-23)17-6-8-18(9-7-17)21-14-19(22-26-21)16-4-2-1-3-5-16/h1-9,14,20,24H,10-13,15H2. The van der Waals surface area contributed by atoms with Gasteiger partial charge in [-0.15, -0.1) is 0 Å². The molecule has 1 fully saturated rings. The minimum atomic E-state index is -0.503. The first-order valence-electron chi connectivity index (χ1n) is 8.90. The van der Waals surface area contributed by atoms with Gasteiger partial charge < -0.3 is 14.4 Å². The molecule has 4 rings (SSSR count). The van der Waals surface area contributed by atoms with Crippen molar-refractivity contribution in [3.8, 4) is 22.6 Å². The summed E-state index contributed by atoms with van der Waals surface area (Å²) in [7, 11) is 0. The van der Waals surface area contributed by atoms with Crippen LogP contribution in [0.3, 0.4) is 0 Å². The third-order valence-electron chi connectivity index (χ3n) is 4.69. The van der Waals surface area contributed by atoms with E-state index in [4.69, 9.17) is 9.26 Å². The Morgan fingerprint density at radius 3 is 2.42 bits per heavy atom. The highest BCUT2D eigenvalue weighted by Gasteiger charge is 2.16. The molecule has 0 spiro atoms. The molecule has 1 aliphatic heterocycles. The van der Waals surface area contributed by atoms with Crippen LogP contribution in [-0.4, -0.2) is 48.0 Å². The molecule has 0 saturated carbocycles. The monoisotopic (exact) mass is 350 g/mol. The maximum Gasteiger partial charge on any atom is 0.167 e. The number of nitrogens with zero attached hydrogens (tertiary/aromatic N) is 2. The van der Waals surface area contributed by atoms with E-state index in [-0.39, 0.29) is 0 Å². The summed E-state index contributed by atoms with van der Waals surface area (Å²) in [5.74, 6) is 0.720. The average molecular weight is 350 g/mol. The number of aliphatic hydroxyl groups is 1. The Morgan fingerprint density at radius 2 is 1.69 bits per heavy atom. The summed E-state index contributed by atoms with van der Waals surface area (Å²) in [6.45, 7) is 3.84. The lowest BCUT2D eigenvalue weighted by atomic mass is 10.0. The maximum absolute atomic E-state index is 10.5. The van der Waals surface area contributed by atoms with Crippen LogP contribution in [-0.2, 0) is 4.74 Å². The third kappa shape index (κ3) is 3.85. The normalized spacial score (nSPS) is 16.5. The lowest BCUT2D eigenvalue weighted by Gasteiger charge is -2.28. The van der Waals surface area contributed by atoms with E-state index in [1.54, 1.807) is 0 Å². The van der Waals surface area contributed by atoms with Crippen LogP contribution in [0.25, 0.3) is 22.6 Å². The summed E-state index contributed by atoms with van der Waals surface area (Å²) in [6, 6.07) is 19.7. The van der Waals surface area contributed by atoms with Gasteiger partial charge in [0.1, 0.15) is 5.69 Å². The number of ether oxygens (including phenoxy) is 1. The van der Waals surface area contributed by atoms with E-state index in [1.165, 1.54) is 0 Å². The van der Waals surface area contributed by atoms with Crippen LogP contribution >= 0.6 is 0 Å². The summed E-state index contributed by atoms with van der Waals surface area (Å²) >= 11 is 0. The first kappa shape index (κ1) is 17.0. The third-order valence-corrected chi connectivity index (χ3v) is 4.69. The number of rotatable bonds is 5. The first-order chi connectivity index (χ1) is 12.8. The first-order valence-corrected chi connectivity index (χ1v) is 8.90. The molecule has 3 aromatic rings. The Labute approximate surface area is 152 Å². The summed E-state index contributed by atoms with van der Waals surface area (Å²) in [5.41, 5.74) is 3.70. The SMILES string of the molecule is OC(CN1CCOCC1)c1ccc(-c2cc(-c3ccccc3)no2)cc1. The van der Waals surface area contributed by atoms with Crippen LogP contribution in [0, 0.1) is 0 Å². The zero-order valence-electron chi connectivity index (χ0n) is 14.5. The fraction of sp³-hybridized carbons (Fsp3) is 0.286. The lowest BCUT2D eigenvalue weighted by molar-refractivity contribution is 0.0143. The van der Waals surface area contributed by atoms with Crippen molar-refractivity contribution in [3.05, 3.63) is 66.2 Å². The van der Waals surface area contributed by atoms with E-state index in [0.717, 1.165) is 54.4 Å². The maximum atomic E-state index is 10.5. The van der Waals surface area contributed by atoms with Crippen molar-refractivity contribution in [1.82, 2.24) is 10.1 Å². The molecule has 1 unspecified atom stereocenters. The summed E-state index contributed by atoms with van der Waals surface area (Å²) in [5, 5.41) is 14.6. The van der Waals surface area contributed by atoms with Gasteiger partial charge in [-0.25, -0.2) is 0 Å². The van der Waals surface area contributed by atoms with Gasteiger partial charge in [0.15, 0.2) is 5.76 Å². The smallest absolute Gasteiger partial charge is 0.167 e. The van der Waals surface area contributed by atoms with Crippen molar-refractivity contribution >= 4 is 0 Å². The number of hydrogen-bond donors (Lipinski definition) is 1. The van der Waals surface area contributed by atoms with Crippen LogP contribution in [0.5, 0.6) is 0 Å².